The van der Waals surface area contributed by atoms with Crippen LogP contribution in [0.5, 0.6) is 0 Å². The summed E-state index contributed by atoms with van der Waals surface area (Å²) in [5.41, 5.74) is 13.8. The van der Waals surface area contributed by atoms with E-state index in [0.717, 1.165) is 11.5 Å². The molecule has 1 aromatic carbocycles. The van der Waals surface area contributed by atoms with Crippen molar-refractivity contribution in [1.82, 2.24) is 5.80 Å². The van der Waals surface area contributed by atoms with E-state index in [9.17, 15) is 0 Å². The summed E-state index contributed by atoms with van der Waals surface area (Å²) >= 11 is 6.89. The Morgan fingerprint density at radius 3 is 2.31 bits per heavy atom. The first kappa shape index (κ1) is 23.4. The minimum absolute atomic E-state index is 0.457. The Morgan fingerprint density at radius 2 is 1.69 bits per heavy atom. The molecule has 0 fully saturated rings. The molecule has 4 aromatic rings. The minimum atomic E-state index is 0.457. The van der Waals surface area contributed by atoms with Gasteiger partial charge < -0.3 is 4.42 Å². The van der Waals surface area contributed by atoms with E-state index in [-0.39, 0.29) is 0 Å². The average molecular weight is 705 g/mol. The summed E-state index contributed by atoms with van der Waals surface area (Å²) in [6, 6.07) is 15.3. The molecule has 176 valence electrons. The quantitative estimate of drug-likeness (QED) is 0.119. The lowest BCUT2D eigenvalue weighted by molar-refractivity contribution is -0.572. The highest BCUT2D eigenvalue weighted by atomic mass is 127. The SMILES string of the molecule is CC1=CC(c2ccco2)=[N+]2C1=C(c1c(C)cc(C)cc1C)c1c(C)cc(-c3cccs3)n1[N+]2(I)I. The number of aryl methyl sites for hydroxylation is 4. The van der Waals surface area contributed by atoms with E-state index in [4.69, 9.17) is 4.42 Å². The Hall–Kier alpha value is -1.95. The zero-order valence-corrected chi connectivity index (χ0v) is 25.3. The van der Waals surface area contributed by atoms with Crippen LogP contribution in [0.1, 0.15) is 46.2 Å². The Kier molecular flexibility index (Phi) is 5.55. The average Bonchev–Trinajstić information content (AvgIpc) is 3.56. The molecule has 0 aliphatic carbocycles. The van der Waals surface area contributed by atoms with Crippen LogP contribution < -0.4 is 1.13 Å². The van der Waals surface area contributed by atoms with Gasteiger partial charge in [-0.1, -0.05) is 23.8 Å². The van der Waals surface area contributed by atoms with Crippen molar-refractivity contribution in [3.63, 3.8) is 0 Å². The van der Waals surface area contributed by atoms with Gasteiger partial charge in [0.2, 0.25) is 5.76 Å². The van der Waals surface area contributed by atoms with Crippen molar-refractivity contribution in [2.24, 2.45) is 0 Å². The van der Waals surface area contributed by atoms with Crippen LogP contribution in [0.2, 0.25) is 0 Å². The highest BCUT2D eigenvalue weighted by Crippen LogP contribution is 2.49. The molecule has 7 heteroatoms. The molecule has 0 unspecified atom stereocenters. The second-order valence-electron chi connectivity index (χ2n) is 9.31. The van der Waals surface area contributed by atoms with Crippen LogP contribution in [0, 0.1) is 27.7 Å². The van der Waals surface area contributed by atoms with E-state index in [0.29, 0.717) is 1.13 Å². The molecule has 3 aromatic heterocycles. The van der Waals surface area contributed by atoms with Crippen molar-refractivity contribution < 1.29 is 9.10 Å². The zero-order valence-electron chi connectivity index (χ0n) is 20.2. The molecule has 0 N–H and O–H groups in total. The number of hydrogen-bond acceptors (Lipinski definition) is 2. The smallest absolute Gasteiger partial charge is 0.360 e. The van der Waals surface area contributed by atoms with Gasteiger partial charge in [0.25, 0.3) is 5.70 Å². The number of benzene rings is 1. The van der Waals surface area contributed by atoms with Gasteiger partial charge in [-0.05, 0) is 86.5 Å². The van der Waals surface area contributed by atoms with Crippen molar-refractivity contribution in [2.75, 3.05) is 0 Å². The summed E-state index contributed by atoms with van der Waals surface area (Å²) in [6.45, 7) is 11.1. The van der Waals surface area contributed by atoms with Crippen LogP contribution in [-0.2, 0) is 0 Å². The molecule has 6 rings (SSSR count). The van der Waals surface area contributed by atoms with E-state index in [1.807, 2.05) is 12.1 Å². The van der Waals surface area contributed by atoms with Crippen LogP contribution in [0.15, 0.2) is 75.9 Å². The molecule has 2 aliphatic heterocycles. The van der Waals surface area contributed by atoms with Gasteiger partial charge in [-0.3, -0.25) is 0 Å². The van der Waals surface area contributed by atoms with Crippen LogP contribution >= 0.6 is 57.1 Å². The van der Waals surface area contributed by atoms with Gasteiger partial charge in [-0.2, -0.15) is 0 Å². The van der Waals surface area contributed by atoms with Gasteiger partial charge in [0.15, 0.2) is 0 Å². The number of hydrogen-bond donors (Lipinski definition) is 0. The third-order valence-corrected chi connectivity index (χ3v) is 9.38. The Bertz CT molecular complexity index is 1580. The second-order valence-corrected chi connectivity index (χ2v) is 14.8. The van der Waals surface area contributed by atoms with Gasteiger partial charge in [0.1, 0.15) is 12.5 Å². The molecule has 4 nitrogen and oxygen atoms in total. The normalized spacial score (nSPS) is 16.6. The Morgan fingerprint density at radius 1 is 0.943 bits per heavy atom. The molecular weight excluding hydrogens is 680 g/mol. The number of nitrogens with zero attached hydrogens (tertiary/aromatic N) is 3. The number of thiophene rings is 1. The first-order valence-electron chi connectivity index (χ1n) is 11.5. The van der Waals surface area contributed by atoms with Gasteiger partial charge in [0, 0.05) is 16.3 Å². The number of halogens is 2. The number of fused-ring (bicyclic) bond motifs is 2. The molecule has 0 bridgehead atoms. The first-order valence-corrected chi connectivity index (χ1v) is 14.3. The second kappa shape index (κ2) is 8.29. The van der Waals surface area contributed by atoms with E-state index in [2.05, 4.69) is 131 Å². The van der Waals surface area contributed by atoms with E-state index >= 15 is 0 Å². The third kappa shape index (κ3) is 3.42. The van der Waals surface area contributed by atoms with Crippen LogP contribution in [0.3, 0.4) is 0 Å². The molecule has 0 spiro atoms. The highest BCUT2D eigenvalue weighted by Gasteiger charge is 2.57. The van der Waals surface area contributed by atoms with Crippen molar-refractivity contribution in [3.8, 4) is 10.6 Å². The van der Waals surface area contributed by atoms with Gasteiger partial charge >= 0.3 is 51.4 Å². The van der Waals surface area contributed by atoms with Gasteiger partial charge in [-0.15, -0.1) is 16.0 Å². The fourth-order valence-corrected chi connectivity index (χ4v) is 8.08. The van der Waals surface area contributed by atoms with Crippen molar-refractivity contribution in [2.45, 2.75) is 34.6 Å². The van der Waals surface area contributed by atoms with Crippen molar-refractivity contribution >= 4 is 68.4 Å². The molecule has 2 aliphatic rings. The van der Waals surface area contributed by atoms with E-state index in [1.54, 1.807) is 17.6 Å². The molecule has 0 radical (unpaired) electrons. The van der Waals surface area contributed by atoms with Crippen LogP contribution in [0.25, 0.3) is 16.1 Å². The summed E-state index contributed by atoms with van der Waals surface area (Å²) in [7, 11) is 0. The summed E-state index contributed by atoms with van der Waals surface area (Å²) in [4.78, 5) is 1.26. The lowest BCUT2D eigenvalue weighted by Crippen LogP contribution is -2.52. The molecule has 0 saturated heterocycles. The fraction of sp³-hybridized carbons (Fsp3) is 0.179. The summed E-state index contributed by atoms with van der Waals surface area (Å²) < 4.78 is 11.3. The predicted molar refractivity (Wildman–Crippen MR) is 162 cm³/mol. The molecule has 5 heterocycles. The van der Waals surface area contributed by atoms with Gasteiger partial charge in [-0.25, -0.2) is 0 Å². The number of quaternary nitrogens is 1. The summed E-state index contributed by atoms with van der Waals surface area (Å²) in [5, 5.41) is 2.15. The lowest BCUT2D eigenvalue weighted by atomic mass is 9.88. The highest BCUT2D eigenvalue weighted by molar-refractivity contribution is 14.2. The topological polar surface area (TPSA) is 21.1 Å². The Balaban J connectivity index is 1.81. The van der Waals surface area contributed by atoms with E-state index < -0.39 is 0 Å². The standard InChI is InChI=1S/C28H25I2N3OS/c1-16-12-17(2)25(18(3)13-16)26-27-19(4)14-21(23-8-6-10-34-23)31(27)33(29,30)32-22(15-20(5)28(26)32)24-9-7-11-35-24/h6-15H,1-5H3/q+2. The maximum absolute atomic E-state index is 5.94. The third-order valence-electron chi connectivity index (χ3n) is 6.76. The summed E-state index contributed by atoms with van der Waals surface area (Å²) in [5.74, 6) is 0.872. The number of furan rings is 1. The molecule has 0 amide bonds. The monoisotopic (exact) mass is 705 g/mol. The molecule has 0 atom stereocenters. The van der Waals surface area contributed by atoms with Crippen molar-refractivity contribution in [3.05, 3.63) is 111 Å². The van der Waals surface area contributed by atoms with Gasteiger partial charge in [0.05, 0.1) is 16.7 Å². The summed E-state index contributed by atoms with van der Waals surface area (Å²) in [6.07, 6.45) is 4.02. The maximum atomic E-state index is 5.94. The van der Waals surface area contributed by atoms with Crippen LogP contribution in [-0.4, -0.2) is 15.1 Å². The maximum Gasteiger partial charge on any atom is 0.360 e. The van der Waals surface area contributed by atoms with Crippen molar-refractivity contribution in [1.29, 1.82) is 0 Å². The number of aromatic nitrogens is 1. The lowest BCUT2D eigenvalue weighted by Gasteiger charge is -2.29. The molecular formula is C28H25I2N3OS+2. The molecule has 35 heavy (non-hydrogen) atoms. The predicted octanol–water partition coefficient (Wildman–Crippen LogP) is 8.33. The minimum Gasteiger partial charge on any atom is -0.458 e. The molecule has 0 saturated carbocycles. The largest absolute Gasteiger partial charge is 0.458 e. The van der Waals surface area contributed by atoms with E-state index in [1.165, 1.54) is 60.9 Å². The Labute approximate surface area is 237 Å². The number of allylic oxidation sites excluding steroid dienone is 2. The first-order chi connectivity index (χ1) is 16.7. The van der Waals surface area contributed by atoms with Crippen LogP contribution in [0.4, 0.5) is 0 Å². The fourth-order valence-electron chi connectivity index (χ4n) is 5.56. The zero-order chi connectivity index (χ0) is 24.6. The number of rotatable bonds is 3.